The van der Waals surface area contributed by atoms with Crippen LogP contribution in [0.15, 0.2) is 12.4 Å². The summed E-state index contributed by atoms with van der Waals surface area (Å²) in [5, 5.41) is 0. The van der Waals surface area contributed by atoms with Crippen molar-refractivity contribution in [3.8, 4) is 0 Å². The lowest BCUT2D eigenvalue weighted by Crippen LogP contribution is -2.52. The number of nitrogens with zero attached hydrogens (tertiary/aromatic N) is 2. The van der Waals surface area contributed by atoms with E-state index in [-0.39, 0.29) is 12.1 Å². The van der Waals surface area contributed by atoms with Crippen LogP contribution in [0.2, 0.25) is 0 Å². The predicted molar refractivity (Wildman–Crippen MR) is 72.5 cm³/mol. The van der Waals surface area contributed by atoms with Crippen LogP contribution in [-0.4, -0.2) is 41.8 Å². The third kappa shape index (κ3) is 3.33. The number of aromatic nitrogens is 2. The van der Waals surface area contributed by atoms with Gasteiger partial charge in [-0.2, -0.15) is 17.4 Å². The first kappa shape index (κ1) is 14.4. The van der Waals surface area contributed by atoms with Gasteiger partial charge in [-0.05, 0) is 19.8 Å². The molecule has 2 heterocycles. The van der Waals surface area contributed by atoms with E-state index in [0.717, 1.165) is 19.3 Å². The standard InChI is InChI=1S/C11H21N5O2S/c1-9(11-13-5-6-14-11)15-19(17,18)16-7-3-2-4-10(16)8-12/h5-6,9-10,15H,2-4,7-8,12H2,1H3,(H,13,14). The number of nitrogens with one attached hydrogen (secondary N) is 2. The van der Waals surface area contributed by atoms with Crippen molar-refractivity contribution in [2.75, 3.05) is 13.1 Å². The van der Waals surface area contributed by atoms with Crippen LogP contribution >= 0.6 is 0 Å². The largest absolute Gasteiger partial charge is 0.347 e. The van der Waals surface area contributed by atoms with E-state index < -0.39 is 10.2 Å². The Morgan fingerprint density at radius 1 is 1.63 bits per heavy atom. The van der Waals surface area contributed by atoms with E-state index in [1.54, 1.807) is 19.3 Å². The van der Waals surface area contributed by atoms with Crippen LogP contribution in [-0.2, 0) is 10.2 Å². The minimum absolute atomic E-state index is 0.102. The minimum Gasteiger partial charge on any atom is -0.347 e. The van der Waals surface area contributed by atoms with Crippen LogP contribution in [0.5, 0.6) is 0 Å². The van der Waals surface area contributed by atoms with E-state index in [1.807, 2.05) is 0 Å². The molecule has 2 atom stereocenters. The van der Waals surface area contributed by atoms with Gasteiger partial charge in [0.2, 0.25) is 0 Å². The molecule has 1 aromatic heterocycles. The van der Waals surface area contributed by atoms with Gasteiger partial charge in [0.1, 0.15) is 5.82 Å². The second-order valence-electron chi connectivity index (χ2n) is 4.82. The van der Waals surface area contributed by atoms with Gasteiger partial charge in [0.05, 0.1) is 6.04 Å². The van der Waals surface area contributed by atoms with Gasteiger partial charge in [-0.3, -0.25) is 0 Å². The Bertz CT molecular complexity index is 487. The zero-order chi connectivity index (χ0) is 13.9. The third-order valence-corrected chi connectivity index (χ3v) is 5.16. The monoisotopic (exact) mass is 287 g/mol. The number of H-pyrrole nitrogens is 1. The van der Waals surface area contributed by atoms with Crippen LogP contribution in [0.3, 0.4) is 0 Å². The summed E-state index contributed by atoms with van der Waals surface area (Å²) < 4.78 is 28.9. The number of imidazole rings is 1. The zero-order valence-corrected chi connectivity index (χ0v) is 11.9. The van der Waals surface area contributed by atoms with E-state index in [0.29, 0.717) is 18.9 Å². The summed E-state index contributed by atoms with van der Waals surface area (Å²) in [6.07, 6.45) is 6.01. The molecule has 1 fully saturated rings. The van der Waals surface area contributed by atoms with E-state index in [1.165, 1.54) is 4.31 Å². The van der Waals surface area contributed by atoms with Crippen molar-refractivity contribution in [2.24, 2.45) is 5.73 Å². The molecule has 1 aliphatic rings. The van der Waals surface area contributed by atoms with Gasteiger partial charge in [-0.25, -0.2) is 4.98 Å². The molecule has 7 nitrogen and oxygen atoms in total. The second-order valence-corrected chi connectivity index (χ2v) is 6.47. The molecule has 1 aromatic rings. The maximum absolute atomic E-state index is 12.4. The molecule has 19 heavy (non-hydrogen) atoms. The average molecular weight is 287 g/mol. The molecule has 0 radical (unpaired) electrons. The van der Waals surface area contributed by atoms with Gasteiger partial charge in [0, 0.05) is 31.5 Å². The lowest BCUT2D eigenvalue weighted by Gasteiger charge is -2.34. The highest BCUT2D eigenvalue weighted by atomic mass is 32.2. The Hall–Kier alpha value is -0.960. The summed E-state index contributed by atoms with van der Waals surface area (Å²) in [5.41, 5.74) is 5.66. The van der Waals surface area contributed by atoms with Gasteiger partial charge >= 0.3 is 0 Å². The highest BCUT2D eigenvalue weighted by Crippen LogP contribution is 2.20. The Morgan fingerprint density at radius 3 is 3.05 bits per heavy atom. The van der Waals surface area contributed by atoms with Crippen molar-refractivity contribution in [2.45, 2.75) is 38.3 Å². The number of rotatable bonds is 5. The van der Waals surface area contributed by atoms with Crippen LogP contribution in [0, 0.1) is 0 Å². The maximum atomic E-state index is 12.4. The summed E-state index contributed by atoms with van der Waals surface area (Å²) in [6.45, 7) is 2.65. The molecular formula is C11H21N5O2S. The van der Waals surface area contributed by atoms with Crippen molar-refractivity contribution < 1.29 is 8.42 Å². The molecule has 108 valence electrons. The van der Waals surface area contributed by atoms with Crippen molar-refractivity contribution in [1.29, 1.82) is 0 Å². The Balaban J connectivity index is 2.08. The highest BCUT2D eigenvalue weighted by Gasteiger charge is 2.32. The molecular weight excluding hydrogens is 266 g/mol. The Labute approximate surface area is 113 Å². The molecule has 1 saturated heterocycles. The summed E-state index contributed by atoms with van der Waals surface area (Å²) >= 11 is 0. The van der Waals surface area contributed by atoms with Crippen molar-refractivity contribution in [3.63, 3.8) is 0 Å². The molecule has 0 spiro atoms. The quantitative estimate of drug-likeness (QED) is 0.715. The fourth-order valence-corrected chi connectivity index (χ4v) is 4.03. The molecule has 0 saturated carbocycles. The summed E-state index contributed by atoms with van der Waals surface area (Å²) in [4.78, 5) is 6.97. The smallest absolute Gasteiger partial charge is 0.280 e. The maximum Gasteiger partial charge on any atom is 0.280 e. The fourth-order valence-electron chi connectivity index (χ4n) is 2.39. The van der Waals surface area contributed by atoms with Crippen molar-refractivity contribution in [1.82, 2.24) is 19.0 Å². The fraction of sp³-hybridized carbons (Fsp3) is 0.727. The SMILES string of the molecule is CC(NS(=O)(=O)N1CCCCC1CN)c1ncc[nH]1. The lowest BCUT2D eigenvalue weighted by atomic mass is 10.1. The normalized spacial score (nSPS) is 23.4. The van der Waals surface area contributed by atoms with Gasteiger partial charge in [-0.15, -0.1) is 0 Å². The van der Waals surface area contributed by atoms with Crippen molar-refractivity contribution >= 4 is 10.2 Å². The number of piperidine rings is 1. The molecule has 0 amide bonds. The predicted octanol–water partition coefficient (Wildman–Crippen LogP) is 0.118. The lowest BCUT2D eigenvalue weighted by molar-refractivity contribution is 0.253. The summed E-state index contributed by atoms with van der Waals surface area (Å²) in [7, 11) is -3.53. The zero-order valence-electron chi connectivity index (χ0n) is 11.0. The molecule has 0 bridgehead atoms. The number of hydrogen-bond acceptors (Lipinski definition) is 4. The summed E-state index contributed by atoms with van der Waals surface area (Å²) in [6, 6.07) is -0.490. The van der Waals surface area contributed by atoms with Gasteiger partial charge < -0.3 is 10.7 Å². The molecule has 8 heteroatoms. The molecule has 0 aromatic carbocycles. The molecule has 4 N–H and O–H groups in total. The van der Waals surface area contributed by atoms with Gasteiger partial charge in [0.15, 0.2) is 0 Å². The van der Waals surface area contributed by atoms with Crippen molar-refractivity contribution in [3.05, 3.63) is 18.2 Å². The summed E-state index contributed by atoms with van der Waals surface area (Å²) in [5.74, 6) is 0.602. The first-order chi connectivity index (χ1) is 9.04. The first-order valence-corrected chi connectivity index (χ1v) is 7.97. The Kier molecular flexibility index (Phi) is 4.56. The van der Waals surface area contributed by atoms with Gasteiger partial charge in [0.25, 0.3) is 10.2 Å². The van der Waals surface area contributed by atoms with E-state index >= 15 is 0 Å². The van der Waals surface area contributed by atoms with Crippen LogP contribution in [0.1, 0.15) is 38.1 Å². The number of hydrogen-bond donors (Lipinski definition) is 3. The van der Waals surface area contributed by atoms with Crippen LogP contribution < -0.4 is 10.5 Å². The topological polar surface area (TPSA) is 104 Å². The molecule has 1 aliphatic heterocycles. The first-order valence-electron chi connectivity index (χ1n) is 6.53. The van der Waals surface area contributed by atoms with E-state index in [9.17, 15) is 8.42 Å². The Morgan fingerprint density at radius 2 is 2.42 bits per heavy atom. The number of aromatic amines is 1. The average Bonchev–Trinajstić information content (AvgIpc) is 2.92. The van der Waals surface area contributed by atoms with Crippen LogP contribution in [0.4, 0.5) is 0 Å². The molecule has 2 unspecified atom stereocenters. The van der Waals surface area contributed by atoms with Crippen LogP contribution in [0.25, 0.3) is 0 Å². The second kappa shape index (κ2) is 6.00. The van der Waals surface area contributed by atoms with Gasteiger partial charge in [-0.1, -0.05) is 6.42 Å². The third-order valence-electron chi connectivity index (χ3n) is 3.41. The highest BCUT2D eigenvalue weighted by molar-refractivity contribution is 7.87. The molecule has 2 rings (SSSR count). The van der Waals surface area contributed by atoms with E-state index in [4.69, 9.17) is 5.73 Å². The number of nitrogens with two attached hydrogens (primary N) is 1. The minimum atomic E-state index is -3.53. The molecule has 0 aliphatic carbocycles. The van der Waals surface area contributed by atoms with E-state index in [2.05, 4.69) is 14.7 Å².